The molecule has 4 aliphatic rings. The lowest BCUT2D eigenvalue weighted by molar-refractivity contribution is 0.0556. The molecule has 0 heterocycles. The molecule has 3 fully saturated rings. The molecule has 1 heteroatoms. The molecule has 43 heavy (non-hydrogen) atoms. The van der Waals surface area contributed by atoms with Gasteiger partial charge in [-0.2, -0.15) is 0 Å². The van der Waals surface area contributed by atoms with Gasteiger partial charge in [0.1, 0.15) is 0 Å². The Labute approximate surface area is 268 Å². The van der Waals surface area contributed by atoms with Gasteiger partial charge in [0.05, 0.1) is 0 Å². The predicted octanol–water partition coefficient (Wildman–Crippen LogP) is 13.0. The summed E-state index contributed by atoms with van der Waals surface area (Å²) in [5, 5.41) is 0. The molecule has 222 valence electrons. The van der Waals surface area contributed by atoms with Gasteiger partial charge in [-0.15, -0.1) is 0 Å². The quantitative estimate of drug-likeness (QED) is 0.172. The Bertz CT molecular complexity index is 1570. The third-order valence-corrected chi connectivity index (χ3v) is 12.4. The van der Waals surface area contributed by atoms with Crippen molar-refractivity contribution >= 4 is 15.9 Å². The van der Waals surface area contributed by atoms with Gasteiger partial charge < -0.3 is 0 Å². The van der Waals surface area contributed by atoms with Crippen molar-refractivity contribution in [3.63, 3.8) is 0 Å². The molecule has 0 nitrogen and oxygen atoms in total. The molecule has 0 aromatic heterocycles. The molecule has 0 amide bonds. The Morgan fingerprint density at radius 3 is 1.58 bits per heavy atom. The minimum atomic E-state index is 0.104. The summed E-state index contributed by atoms with van der Waals surface area (Å²) >= 11 is 3.81. The van der Waals surface area contributed by atoms with E-state index in [0.717, 1.165) is 0 Å². The van der Waals surface area contributed by atoms with Gasteiger partial charge >= 0.3 is 0 Å². The molecular weight excluding hydrogens is 584 g/mol. The molecule has 8 rings (SSSR count). The van der Waals surface area contributed by atoms with Crippen LogP contribution in [-0.4, -0.2) is 0 Å². The molecule has 0 spiro atoms. The van der Waals surface area contributed by atoms with Crippen LogP contribution in [0.15, 0.2) is 89.4 Å². The van der Waals surface area contributed by atoms with E-state index in [1.54, 1.807) is 11.1 Å². The van der Waals surface area contributed by atoms with Gasteiger partial charge in [-0.1, -0.05) is 129 Å². The Hall–Kier alpha value is -2.64. The van der Waals surface area contributed by atoms with Crippen molar-refractivity contribution < 1.29 is 0 Å². The second-order valence-electron chi connectivity index (χ2n) is 14.5. The molecule has 3 saturated carbocycles. The summed E-state index contributed by atoms with van der Waals surface area (Å²) in [4.78, 5) is 0. The molecule has 0 aliphatic heterocycles. The van der Waals surface area contributed by atoms with Crippen LogP contribution in [0.1, 0.15) is 115 Å². The van der Waals surface area contributed by atoms with Crippen molar-refractivity contribution in [2.45, 2.75) is 109 Å². The lowest BCUT2D eigenvalue weighted by Gasteiger charge is -2.52. The highest BCUT2D eigenvalue weighted by atomic mass is 79.9. The first kappa shape index (κ1) is 29.1. The van der Waals surface area contributed by atoms with E-state index >= 15 is 0 Å². The molecular formula is C42H47Br. The highest BCUT2D eigenvalue weighted by Crippen LogP contribution is 2.58. The van der Waals surface area contributed by atoms with Crippen LogP contribution in [0.5, 0.6) is 0 Å². The van der Waals surface area contributed by atoms with E-state index < -0.39 is 0 Å². The topological polar surface area (TPSA) is 0 Å². The van der Waals surface area contributed by atoms with E-state index in [9.17, 15) is 0 Å². The third-order valence-electron chi connectivity index (χ3n) is 11.9. The smallest absolute Gasteiger partial charge is 0.0215 e. The molecule has 4 aliphatic carbocycles. The fraction of sp³-hybridized carbons (Fsp3) is 0.429. The van der Waals surface area contributed by atoms with Crippen molar-refractivity contribution in [2.75, 3.05) is 0 Å². The van der Waals surface area contributed by atoms with Gasteiger partial charge in [-0.3, -0.25) is 0 Å². The second kappa shape index (κ2) is 11.4. The number of hydrogen-bond acceptors (Lipinski definition) is 0. The van der Waals surface area contributed by atoms with Gasteiger partial charge in [0.15, 0.2) is 0 Å². The number of halogens is 1. The average molecular weight is 632 g/mol. The summed E-state index contributed by atoms with van der Waals surface area (Å²) < 4.78 is 1.19. The van der Waals surface area contributed by atoms with Gasteiger partial charge in [0, 0.05) is 9.89 Å². The lowest BCUT2D eigenvalue weighted by atomic mass is 9.52. The Balaban J connectivity index is 1.18. The van der Waals surface area contributed by atoms with E-state index in [1.807, 2.05) is 0 Å². The summed E-state index contributed by atoms with van der Waals surface area (Å²) in [5.74, 6) is 0. The monoisotopic (exact) mass is 630 g/mol. The maximum atomic E-state index is 3.81. The average Bonchev–Trinajstić information content (AvgIpc) is 3.31. The largest absolute Gasteiger partial charge is 0.0654 e. The first-order chi connectivity index (χ1) is 20.9. The zero-order valence-corrected chi connectivity index (χ0v) is 28.0. The van der Waals surface area contributed by atoms with Crippen molar-refractivity contribution in [3.05, 3.63) is 106 Å². The highest BCUT2D eigenvalue weighted by Gasteiger charge is 2.47. The molecule has 0 radical (unpaired) electrons. The summed E-state index contributed by atoms with van der Waals surface area (Å²) in [7, 11) is 0. The van der Waals surface area contributed by atoms with Crippen LogP contribution in [0.2, 0.25) is 0 Å². The van der Waals surface area contributed by atoms with E-state index in [1.165, 1.54) is 120 Å². The van der Waals surface area contributed by atoms with Crippen molar-refractivity contribution in [1.82, 2.24) is 0 Å². The van der Waals surface area contributed by atoms with Gasteiger partial charge in [0.25, 0.3) is 0 Å². The fourth-order valence-corrected chi connectivity index (χ4v) is 9.31. The predicted molar refractivity (Wildman–Crippen MR) is 188 cm³/mol. The standard InChI is InChI=1S/C42H47Br/c1-4-6-20-42(21-7-5-2)38-28-33(14-18-36(38)37-19-17-35(43)29-39(37)42)32-10-8-30(9-11-32)31-12-15-34(16-13-31)41-25-22-40(3,23-26-41)24-27-41/h8-19,28-29H,4-7,20-27H2,1-3H3. The third kappa shape index (κ3) is 5.04. The van der Waals surface area contributed by atoms with Crippen LogP contribution in [0.25, 0.3) is 33.4 Å². The van der Waals surface area contributed by atoms with Crippen LogP contribution in [0.3, 0.4) is 0 Å². The van der Waals surface area contributed by atoms with E-state index in [4.69, 9.17) is 0 Å². The zero-order valence-electron chi connectivity index (χ0n) is 26.4. The Kier molecular flexibility index (Phi) is 7.70. The van der Waals surface area contributed by atoms with E-state index in [-0.39, 0.29) is 5.41 Å². The molecule has 0 atom stereocenters. The van der Waals surface area contributed by atoms with E-state index in [0.29, 0.717) is 10.8 Å². The normalized spacial score (nSPS) is 23.3. The Morgan fingerprint density at radius 1 is 0.558 bits per heavy atom. The lowest BCUT2D eigenvalue weighted by Crippen LogP contribution is -2.42. The van der Waals surface area contributed by atoms with E-state index in [2.05, 4.69) is 122 Å². The number of unbranched alkanes of at least 4 members (excludes halogenated alkanes) is 2. The molecule has 4 aromatic carbocycles. The van der Waals surface area contributed by atoms with Gasteiger partial charge in [0.2, 0.25) is 0 Å². The number of hydrogen-bond donors (Lipinski definition) is 0. The van der Waals surface area contributed by atoms with Crippen LogP contribution >= 0.6 is 15.9 Å². The van der Waals surface area contributed by atoms with Crippen LogP contribution in [0, 0.1) is 5.41 Å². The molecule has 0 N–H and O–H groups in total. The summed E-state index contributed by atoms with van der Waals surface area (Å²) in [6, 6.07) is 33.3. The van der Waals surface area contributed by atoms with Crippen molar-refractivity contribution in [3.8, 4) is 33.4 Å². The fourth-order valence-electron chi connectivity index (χ4n) is 8.95. The van der Waals surface area contributed by atoms with Crippen molar-refractivity contribution in [2.24, 2.45) is 5.41 Å². The SMILES string of the molecule is CCCCC1(CCCC)c2cc(Br)ccc2-c2ccc(-c3ccc(-c4ccc(C56CCC(C)(CC5)CC6)cc4)cc3)cc21. The first-order valence-corrected chi connectivity index (χ1v) is 17.8. The van der Waals surface area contributed by atoms with Gasteiger partial charge in [-0.05, 0) is 130 Å². The zero-order chi connectivity index (χ0) is 29.7. The number of rotatable bonds is 9. The molecule has 4 aromatic rings. The second-order valence-corrected chi connectivity index (χ2v) is 15.4. The van der Waals surface area contributed by atoms with Gasteiger partial charge in [-0.25, -0.2) is 0 Å². The first-order valence-electron chi connectivity index (χ1n) is 17.1. The highest BCUT2D eigenvalue weighted by molar-refractivity contribution is 9.10. The minimum absolute atomic E-state index is 0.104. The van der Waals surface area contributed by atoms with Crippen LogP contribution in [-0.2, 0) is 10.8 Å². The summed E-state index contributed by atoms with van der Waals surface area (Å²) in [5.41, 5.74) is 14.0. The van der Waals surface area contributed by atoms with Crippen LogP contribution in [0.4, 0.5) is 0 Å². The number of benzene rings is 4. The number of fused-ring (bicyclic) bond motifs is 6. The Morgan fingerprint density at radius 2 is 1.02 bits per heavy atom. The van der Waals surface area contributed by atoms with Crippen molar-refractivity contribution in [1.29, 1.82) is 0 Å². The maximum absolute atomic E-state index is 3.81. The molecule has 0 saturated heterocycles. The minimum Gasteiger partial charge on any atom is -0.0654 e. The maximum Gasteiger partial charge on any atom is 0.0215 e. The summed E-state index contributed by atoms with van der Waals surface area (Å²) in [6.45, 7) is 7.17. The summed E-state index contributed by atoms with van der Waals surface area (Å²) in [6.07, 6.45) is 15.8. The molecule has 2 bridgehead atoms. The van der Waals surface area contributed by atoms with Crippen LogP contribution < -0.4 is 0 Å². The molecule has 0 unspecified atom stereocenters.